The van der Waals surface area contributed by atoms with Crippen LogP contribution in [0.4, 0.5) is 0 Å². The maximum Gasteiger partial charge on any atom is 0.227 e. The van der Waals surface area contributed by atoms with E-state index in [1.54, 1.807) is 6.92 Å². The van der Waals surface area contributed by atoms with Crippen LogP contribution in [0.2, 0.25) is 0 Å². The van der Waals surface area contributed by atoms with Crippen molar-refractivity contribution in [3.8, 4) is 0 Å². The highest BCUT2D eigenvalue weighted by atomic mass is 32.2. The molecule has 0 saturated heterocycles. The molecule has 0 fully saturated rings. The van der Waals surface area contributed by atoms with E-state index in [4.69, 9.17) is 4.52 Å². The molecule has 1 heterocycles. The summed E-state index contributed by atoms with van der Waals surface area (Å²) in [6, 6.07) is 0. The average Bonchev–Trinajstić information content (AvgIpc) is 2.60. The lowest BCUT2D eigenvalue weighted by Gasteiger charge is -2.01. The van der Waals surface area contributed by atoms with Gasteiger partial charge < -0.3 is 9.84 Å². The van der Waals surface area contributed by atoms with Crippen LogP contribution in [0.25, 0.3) is 0 Å². The molecule has 7 heteroatoms. The molecule has 0 aromatic carbocycles. The zero-order chi connectivity index (χ0) is 11.5. The van der Waals surface area contributed by atoms with Gasteiger partial charge >= 0.3 is 0 Å². The van der Waals surface area contributed by atoms with Crippen LogP contribution in [0.1, 0.15) is 23.9 Å². The van der Waals surface area contributed by atoms with Crippen molar-refractivity contribution in [2.45, 2.75) is 18.6 Å². The second kappa shape index (κ2) is 4.71. The maximum absolute atomic E-state index is 11.2. The van der Waals surface area contributed by atoms with E-state index in [1.165, 1.54) is 0 Å². The van der Waals surface area contributed by atoms with Gasteiger partial charge in [0.1, 0.15) is 5.25 Å². The fourth-order valence-electron chi connectivity index (χ4n) is 0.958. The van der Waals surface area contributed by atoms with E-state index in [0.717, 1.165) is 12.8 Å². The van der Waals surface area contributed by atoms with Crippen LogP contribution in [0.15, 0.2) is 4.52 Å². The van der Waals surface area contributed by atoms with E-state index >= 15 is 0 Å². The van der Waals surface area contributed by atoms with Crippen molar-refractivity contribution in [3.05, 3.63) is 11.7 Å². The lowest BCUT2D eigenvalue weighted by Crippen LogP contribution is -2.11. The Morgan fingerprint density at radius 3 is 2.73 bits per heavy atom. The third-order valence-corrected chi connectivity index (χ3v) is 3.57. The SMILES string of the molecule is CNCCc1nc(C(C)S(C)(=O)=O)no1. The molecule has 86 valence electrons. The Kier molecular flexibility index (Phi) is 3.81. The molecule has 0 amide bonds. The van der Waals surface area contributed by atoms with Crippen LogP contribution in [0, 0.1) is 0 Å². The van der Waals surface area contributed by atoms with Gasteiger partial charge in [0, 0.05) is 19.2 Å². The summed E-state index contributed by atoms with van der Waals surface area (Å²) in [5.74, 6) is 0.679. The minimum atomic E-state index is -3.16. The standard InChI is InChI=1S/C8H15N3O3S/c1-6(15(3,12)13)8-10-7(14-11-8)4-5-9-2/h6,9H,4-5H2,1-3H3. The Bertz CT molecular complexity index is 413. The predicted octanol–water partition coefficient (Wildman–Crippen LogP) is -0.0629. The van der Waals surface area contributed by atoms with E-state index in [1.807, 2.05) is 7.05 Å². The first-order valence-electron chi connectivity index (χ1n) is 4.61. The molecule has 0 aliphatic heterocycles. The summed E-state index contributed by atoms with van der Waals surface area (Å²) >= 11 is 0. The summed E-state index contributed by atoms with van der Waals surface area (Å²) in [4.78, 5) is 4.02. The number of sulfone groups is 1. The van der Waals surface area contributed by atoms with Crippen molar-refractivity contribution in [2.24, 2.45) is 0 Å². The van der Waals surface area contributed by atoms with Gasteiger partial charge in [-0.25, -0.2) is 8.42 Å². The van der Waals surface area contributed by atoms with Crippen LogP contribution in [-0.2, 0) is 16.3 Å². The summed E-state index contributed by atoms with van der Waals surface area (Å²) < 4.78 is 27.4. The number of nitrogens with one attached hydrogen (secondary N) is 1. The molecule has 1 aromatic heterocycles. The molecule has 0 radical (unpaired) electrons. The van der Waals surface area contributed by atoms with Gasteiger partial charge in [0.05, 0.1) is 0 Å². The number of nitrogens with zero attached hydrogens (tertiary/aromatic N) is 2. The molecular weight excluding hydrogens is 218 g/mol. The third kappa shape index (κ3) is 3.28. The smallest absolute Gasteiger partial charge is 0.227 e. The van der Waals surface area contributed by atoms with Crippen LogP contribution >= 0.6 is 0 Å². The van der Waals surface area contributed by atoms with E-state index in [2.05, 4.69) is 15.5 Å². The molecule has 0 aliphatic rings. The van der Waals surface area contributed by atoms with Gasteiger partial charge in [-0.2, -0.15) is 4.98 Å². The van der Waals surface area contributed by atoms with Gasteiger partial charge in [0.25, 0.3) is 0 Å². The average molecular weight is 233 g/mol. The molecule has 6 nitrogen and oxygen atoms in total. The van der Waals surface area contributed by atoms with E-state index in [9.17, 15) is 8.42 Å². The molecule has 1 atom stereocenters. The third-order valence-electron chi connectivity index (χ3n) is 2.08. The second-order valence-electron chi connectivity index (χ2n) is 3.37. The normalized spacial score (nSPS) is 14.1. The van der Waals surface area contributed by atoms with Crippen molar-refractivity contribution in [3.63, 3.8) is 0 Å². The second-order valence-corrected chi connectivity index (χ2v) is 5.74. The van der Waals surface area contributed by atoms with Gasteiger partial charge in [-0.05, 0) is 14.0 Å². The Balaban J connectivity index is 2.76. The molecule has 1 rings (SSSR count). The van der Waals surface area contributed by atoms with Crippen LogP contribution in [0.3, 0.4) is 0 Å². The fourth-order valence-corrected chi connectivity index (χ4v) is 1.44. The van der Waals surface area contributed by atoms with Crippen molar-refractivity contribution in [1.82, 2.24) is 15.5 Å². The lowest BCUT2D eigenvalue weighted by atomic mass is 10.4. The number of rotatable bonds is 5. The summed E-state index contributed by atoms with van der Waals surface area (Å²) in [5, 5.41) is 5.86. The zero-order valence-corrected chi connectivity index (χ0v) is 9.84. The number of likely N-dealkylation sites (N-methyl/N-ethyl adjacent to an activating group) is 1. The Hall–Kier alpha value is -0.950. The molecule has 0 aliphatic carbocycles. The molecule has 0 spiro atoms. The minimum Gasteiger partial charge on any atom is -0.339 e. The highest BCUT2D eigenvalue weighted by Crippen LogP contribution is 2.17. The summed E-state index contributed by atoms with van der Waals surface area (Å²) in [5.41, 5.74) is 0. The van der Waals surface area contributed by atoms with Crippen molar-refractivity contribution < 1.29 is 12.9 Å². The van der Waals surface area contributed by atoms with Crippen molar-refractivity contribution >= 4 is 9.84 Å². The van der Waals surface area contributed by atoms with E-state index < -0.39 is 15.1 Å². The van der Waals surface area contributed by atoms with E-state index in [-0.39, 0.29) is 5.82 Å². The first kappa shape index (κ1) is 12.1. The lowest BCUT2D eigenvalue weighted by molar-refractivity contribution is 0.371. The highest BCUT2D eigenvalue weighted by molar-refractivity contribution is 7.90. The van der Waals surface area contributed by atoms with Gasteiger partial charge in [-0.15, -0.1) is 0 Å². The predicted molar refractivity (Wildman–Crippen MR) is 55.2 cm³/mol. The monoisotopic (exact) mass is 233 g/mol. The Morgan fingerprint density at radius 2 is 2.20 bits per heavy atom. The number of aromatic nitrogens is 2. The number of hydrogen-bond acceptors (Lipinski definition) is 6. The number of hydrogen-bond donors (Lipinski definition) is 1. The minimum absolute atomic E-state index is 0.226. The van der Waals surface area contributed by atoms with Crippen LogP contribution < -0.4 is 5.32 Å². The summed E-state index contributed by atoms with van der Waals surface area (Å²) in [7, 11) is -1.35. The topological polar surface area (TPSA) is 85.1 Å². The Morgan fingerprint density at radius 1 is 1.53 bits per heavy atom. The van der Waals surface area contributed by atoms with Crippen molar-refractivity contribution in [1.29, 1.82) is 0 Å². The molecular formula is C8H15N3O3S. The molecule has 15 heavy (non-hydrogen) atoms. The molecule has 0 saturated carbocycles. The quantitative estimate of drug-likeness (QED) is 0.766. The molecule has 1 aromatic rings. The van der Waals surface area contributed by atoms with Gasteiger partial charge in [0.2, 0.25) is 5.89 Å². The van der Waals surface area contributed by atoms with Crippen LogP contribution in [0.5, 0.6) is 0 Å². The highest BCUT2D eigenvalue weighted by Gasteiger charge is 2.22. The van der Waals surface area contributed by atoms with Crippen molar-refractivity contribution in [2.75, 3.05) is 19.8 Å². The summed E-state index contributed by atoms with van der Waals surface area (Å²) in [6.45, 7) is 2.26. The Labute approximate surface area is 89.0 Å². The largest absolute Gasteiger partial charge is 0.339 e. The zero-order valence-electron chi connectivity index (χ0n) is 9.02. The van der Waals surface area contributed by atoms with Gasteiger partial charge in [0.15, 0.2) is 15.7 Å². The van der Waals surface area contributed by atoms with Gasteiger partial charge in [-0.3, -0.25) is 0 Å². The molecule has 1 unspecified atom stereocenters. The summed E-state index contributed by atoms with van der Waals surface area (Å²) in [6.07, 6.45) is 1.75. The van der Waals surface area contributed by atoms with E-state index in [0.29, 0.717) is 12.3 Å². The van der Waals surface area contributed by atoms with Crippen LogP contribution in [-0.4, -0.2) is 38.4 Å². The maximum atomic E-state index is 11.2. The molecule has 1 N–H and O–H groups in total. The fraction of sp³-hybridized carbons (Fsp3) is 0.750. The first-order chi connectivity index (χ1) is 6.95. The first-order valence-corrected chi connectivity index (χ1v) is 6.56. The molecule has 0 bridgehead atoms. The van der Waals surface area contributed by atoms with Gasteiger partial charge in [-0.1, -0.05) is 5.16 Å².